The average Bonchev–Trinajstić information content (AvgIpc) is 2.35. The third-order valence-corrected chi connectivity index (χ3v) is 5.90. The maximum Gasteiger partial charge on any atom is 0.140 e. The standard InChI is InChI=1S/C18H20F2O/c19-15-6-12(7-16(20)9-15)8-17(21)18-13-2-10-1-11(4-13)5-14(18)3-10/h6-7,9-11,13-14,18H,1-5,8H2. The number of benzene rings is 1. The van der Waals surface area contributed by atoms with E-state index in [4.69, 9.17) is 0 Å². The van der Waals surface area contributed by atoms with Crippen molar-refractivity contribution in [2.24, 2.45) is 29.6 Å². The molecule has 0 unspecified atom stereocenters. The highest BCUT2D eigenvalue weighted by Crippen LogP contribution is 2.56. The summed E-state index contributed by atoms with van der Waals surface area (Å²) in [5.41, 5.74) is 0.478. The van der Waals surface area contributed by atoms with Gasteiger partial charge in [0.2, 0.25) is 0 Å². The lowest BCUT2D eigenvalue weighted by atomic mass is 9.51. The molecule has 0 spiro atoms. The summed E-state index contributed by atoms with van der Waals surface area (Å²) in [6, 6.07) is 3.44. The first-order valence-electron chi connectivity index (χ1n) is 8.06. The second kappa shape index (κ2) is 4.89. The number of carbonyl (C=O) groups is 1. The van der Waals surface area contributed by atoms with E-state index in [1.54, 1.807) is 0 Å². The zero-order chi connectivity index (χ0) is 14.6. The third kappa shape index (κ3) is 2.41. The molecular weight excluding hydrogens is 270 g/mol. The van der Waals surface area contributed by atoms with Crippen molar-refractivity contribution in [2.45, 2.75) is 38.5 Å². The SMILES string of the molecule is O=C(Cc1cc(F)cc(F)c1)C1C2CC3CC(C2)CC1C3. The van der Waals surface area contributed by atoms with Crippen LogP contribution in [0.2, 0.25) is 0 Å². The molecule has 0 heterocycles. The van der Waals surface area contributed by atoms with Gasteiger partial charge in [-0.15, -0.1) is 0 Å². The zero-order valence-corrected chi connectivity index (χ0v) is 12.0. The molecule has 0 aliphatic heterocycles. The molecule has 5 rings (SSSR count). The van der Waals surface area contributed by atoms with Crippen molar-refractivity contribution in [1.29, 1.82) is 0 Å². The Balaban J connectivity index is 1.52. The molecule has 0 N–H and O–H groups in total. The molecule has 1 nitrogen and oxygen atoms in total. The van der Waals surface area contributed by atoms with Crippen LogP contribution in [0.5, 0.6) is 0 Å². The Bertz CT molecular complexity index is 532. The van der Waals surface area contributed by atoms with E-state index in [0.717, 1.165) is 17.9 Å². The fraction of sp³-hybridized carbons (Fsp3) is 0.611. The van der Waals surface area contributed by atoms with E-state index in [1.165, 1.54) is 44.2 Å². The monoisotopic (exact) mass is 290 g/mol. The summed E-state index contributed by atoms with van der Waals surface area (Å²) in [7, 11) is 0. The van der Waals surface area contributed by atoms with Crippen LogP contribution in [0.3, 0.4) is 0 Å². The van der Waals surface area contributed by atoms with Crippen LogP contribution in [0, 0.1) is 41.2 Å². The summed E-state index contributed by atoms with van der Waals surface area (Å²) in [6.07, 6.45) is 6.33. The second-order valence-corrected chi connectivity index (χ2v) is 7.38. The van der Waals surface area contributed by atoms with E-state index in [1.807, 2.05) is 0 Å². The zero-order valence-electron chi connectivity index (χ0n) is 12.0. The fourth-order valence-corrected chi connectivity index (χ4v) is 5.48. The predicted molar refractivity (Wildman–Crippen MR) is 75.6 cm³/mol. The maximum absolute atomic E-state index is 13.3. The molecular formula is C18H20F2O. The quantitative estimate of drug-likeness (QED) is 0.817. The lowest BCUT2D eigenvalue weighted by Gasteiger charge is -2.53. The molecule has 0 amide bonds. The summed E-state index contributed by atoms with van der Waals surface area (Å²) in [5.74, 6) is 1.90. The van der Waals surface area contributed by atoms with Gasteiger partial charge in [0.05, 0.1) is 0 Å². The van der Waals surface area contributed by atoms with E-state index < -0.39 is 11.6 Å². The Morgan fingerprint density at radius 3 is 1.95 bits per heavy atom. The van der Waals surface area contributed by atoms with Crippen LogP contribution in [0.4, 0.5) is 8.78 Å². The average molecular weight is 290 g/mol. The molecule has 0 atom stereocenters. The van der Waals surface area contributed by atoms with Crippen molar-refractivity contribution in [3.05, 3.63) is 35.4 Å². The topological polar surface area (TPSA) is 17.1 Å². The Morgan fingerprint density at radius 2 is 1.43 bits per heavy atom. The summed E-state index contributed by atoms with van der Waals surface area (Å²) in [4.78, 5) is 12.7. The molecule has 4 aliphatic carbocycles. The molecule has 4 saturated carbocycles. The Labute approximate surface area is 123 Å². The Morgan fingerprint density at radius 1 is 0.905 bits per heavy atom. The van der Waals surface area contributed by atoms with Crippen molar-refractivity contribution in [3.63, 3.8) is 0 Å². The van der Waals surface area contributed by atoms with Gasteiger partial charge in [0.1, 0.15) is 17.4 Å². The number of ketones is 1. The molecule has 0 saturated heterocycles. The van der Waals surface area contributed by atoms with Gasteiger partial charge in [0, 0.05) is 18.4 Å². The smallest absolute Gasteiger partial charge is 0.140 e. The molecule has 4 bridgehead atoms. The van der Waals surface area contributed by atoms with Gasteiger partial charge in [-0.2, -0.15) is 0 Å². The number of rotatable bonds is 3. The van der Waals surface area contributed by atoms with Gasteiger partial charge in [-0.1, -0.05) is 0 Å². The van der Waals surface area contributed by atoms with Crippen molar-refractivity contribution in [1.82, 2.24) is 0 Å². The minimum atomic E-state index is -0.595. The molecule has 3 heteroatoms. The minimum absolute atomic E-state index is 0.143. The normalized spacial score (nSPS) is 37.0. The third-order valence-electron chi connectivity index (χ3n) is 5.90. The number of halogens is 2. The van der Waals surface area contributed by atoms with E-state index in [0.29, 0.717) is 17.4 Å². The molecule has 21 heavy (non-hydrogen) atoms. The van der Waals surface area contributed by atoms with E-state index in [9.17, 15) is 13.6 Å². The molecule has 0 aromatic heterocycles. The van der Waals surface area contributed by atoms with Crippen molar-refractivity contribution in [2.75, 3.05) is 0 Å². The number of hydrogen-bond donors (Lipinski definition) is 0. The van der Waals surface area contributed by atoms with E-state index in [-0.39, 0.29) is 18.1 Å². The summed E-state index contributed by atoms with van der Waals surface area (Å²) in [5, 5.41) is 0. The highest BCUT2D eigenvalue weighted by Gasteiger charge is 2.50. The van der Waals surface area contributed by atoms with Crippen LogP contribution in [-0.4, -0.2) is 5.78 Å². The van der Waals surface area contributed by atoms with Crippen molar-refractivity contribution in [3.8, 4) is 0 Å². The predicted octanol–water partition coefficient (Wildman–Crippen LogP) is 4.15. The first-order chi connectivity index (χ1) is 10.1. The lowest BCUT2D eigenvalue weighted by molar-refractivity contribution is -0.135. The van der Waals surface area contributed by atoms with Crippen LogP contribution in [0.15, 0.2) is 18.2 Å². The second-order valence-electron chi connectivity index (χ2n) is 7.38. The summed E-state index contributed by atoms with van der Waals surface area (Å²) in [6.45, 7) is 0. The molecule has 1 aromatic carbocycles. The van der Waals surface area contributed by atoms with Gasteiger partial charge < -0.3 is 0 Å². The molecule has 4 fully saturated rings. The number of hydrogen-bond acceptors (Lipinski definition) is 1. The molecule has 112 valence electrons. The van der Waals surface area contributed by atoms with Crippen molar-refractivity contribution >= 4 is 5.78 Å². The van der Waals surface area contributed by atoms with Crippen LogP contribution < -0.4 is 0 Å². The first-order valence-corrected chi connectivity index (χ1v) is 8.06. The first kappa shape index (κ1) is 13.4. The Kier molecular flexibility index (Phi) is 3.13. The fourth-order valence-electron chi connectivity index (χ4n) is 5.48. The molecule has 1 aromatic rings. The van der Waals surface area contributed by atoms with Gasteiger partial charge in [-0.05, 0) is 73.5 Å². The largest absolute Gasteiger partial charge is 0.299 e. The molecule has 4 aliphatic rings. The van der Waals surface area contributed by atoms with E-state index >= 15 is 0 Å². The lowest BCUT2D eigenvalue weighted by Crippen LogP contribution is -2.48. The van der Waals surface area contributed by atoms with Gasteiger partial charge in [-0.25, -0.2) is 8.78 Å². The maximum atomic E-state index is 13.3. The number of Topliss-reactive ketones (excluding diaryl/α,β-unsaturated/α-hetero) is 1. The van der Waals surface area contributed by atoms with Crippen LogP contribution in [0.1, 0.15) is 37.7 Å². The van der Waals surface area contributed by atoms with Crippen molar-refractivity contribution < 1.29 is 13.6 Å². The number of carbonyl (C=O) groups excluding carboxylic acids is 1. The van der Waals surface area contributed by atoms with Gasteiger partial charge in [0.25, 0.3) is 0 Å². The van der Waals surface area contributed by atoms with Crippen LogP contribution in [-0.2, 0) is 11.2 Å². The summed E-state index contributed by atoms with van der Waals surface area (Å²) >= 11 is 0. The molecule has 0 radical (unpaired) electrons. The van der Waals surface area contributed by atoms with Crippen LogP contribution in [0.25, 0.3) is 0 Å². The van der Waals surface area contributed by atoms with Gasteiger partial charge >= 0.3 is 0 Å². The van der Waals surface area contributed by atoms with Gasteiger partial charge in [-0.3, -0.25) is 4.79 Å². The van der Waals surface area contributed by atoms with E-state index in [2.05, 4.69) is 0 Å². The van der Waals surface area contributed by atoms with Gasteiger partial charge in [0.15, 0.2) is 0 Å². The summed E-state index contributed by atoms with van der Waals surface area (Å²) < 4.78 is 26.5. The minimum Gasteiger partial charge on any atom is -0.299 e. The Hall–Kier alpha value is -1.25. The highest BCUT2D eigenvalue weighted by atomic mass is 19.1. The highest BCUT2D eigenvalue weighted by molar-refractivity contribution is 5.84. The van der Waals surface area contributed by atoms with Crippen LogP contribution >= 0.6 is 0 Å².